The van der Waals surface area contributed by atoms with E-state index in [2.05, 4.69) is 5.32 Å². The van der Waals surface area contributed by atoms with Gasteiger partial charge in [-0.1, -0.05) is 0 Å². The fourth-order valence-corrected chi connectivity index (χ4v) is 2.79. The van der Waals surface area contributed by atoms with Gasteiger partial charge in [0.2, 0.25) is 5.76 Å². The molecule has 1 saturated heterocycles. The summed E-state index contributed by atoms with van der Waals surface area (Å²) in [6.45, 7) is 3.10. The molecule has 1 aromatic heterocycles. The van der Waals surface area contributed by atoms with Crippen LogP contribution >= 0.6 is 0 Å². The van der Waals surface area contributed by atoms with Crippen molar-refractivity contribution in [1.82, 2.24) is 0 Å². The molecule has 1 aromatic carbocycles. The van der Waals surface area contributed by atoms with Gasteiger partial charge in [-0.3, -0.25) is 4.79 Å². The molecule has 7 nitrogen and oxygen atoms in total. The van der Waals surface area contributed by atoms with Crippen molar-refractivity contribution in [1.29, 1.82) is 0 Å². The highest BCUT2D eigenvalue weighted by molar-refractivity contribution is 5.99. The minimum absolute atomic E-state index is 0.0207. The Balaban J connectivity index is 1.79. The van der Waals surface area contributed by atoms with Crippen LogP contribution in [0.5, 0.6) is 0 Å². The van der Waals surface area contributed by atoms with Crippen LogP contribution in [0, 0.1) is 0 Å². The summed E-state index contributed by atoms with van der Waals surface area (Å²) in [6.07, 6.45) is -4.54. The monoisotopic (exact) mass is 412 g/mol. The zero-order valence-corrected chi connectivity index (χ0v) is 15.5. The number of amides is 1. The van der Waals surface area contributed by atoms with Gasteiger partial charge < -0.3 is 24.1 Å². The Morgan fingerprint density at radius 2 is 1.93 bits per heavy atom. The molecule has 3 rings (SSSR count). The summed E-state index contributed by atoms with van der Waals surface area (Å²) < 4.78 is 54.6. The third-order valence-electron chi connectivity index (χ3n) is 4.31. The number of furan rings is 1. The van der Waals surface area contributed by atoms with Gasteiger partial charge in [-0.15, -0.1) is 0 Å². The van der Waals surface area contributed by atoms with Crippen LogP contribution in [-0.2, 0) is 20.4 Å². The number of carbonyl (C=O) groups is 2. The van der Waals surface area contributed by atoms with Gasteiger partial charge in [0.1, 0.15) is 0 Å². The smallest absolute Gasteiger partial charge is 0.416 e. The molecular formula is C19H19F3N2O5. The lowest BCUT2D eigenvalue weighted by molar-refractivity contribution is -0.137. The Kier molecular flexibility index (Phi) is 6.12. The molecule has 0 saturated carbocycles. The molecule has 1 unspecified atom stereocenters. The van der Waals surface area contributed by atoms with Crippen LogP contribution in [0.4, 0.5) is 24.5 Å². The highest BCUT2D eigenvalue weighted by atomic mass is 19.4. The van der Waals surface area contributed by atoms with Crippen LogP contribution in [0.1, 0.15) is 23.0 Å². The van der Waals surface area contributed by atoms with E-state index in [1.165, 1.54) is 31.4 Å². The highest BCUT2D eigenvalue weighted by Gasteiger charge is 2.32. The standard InChI is InChI=1S/C19H19F3N2O5/c1-12(29-18(26)16-3-2-8-28-16)17(25)23-14-11-13(19(20,21)22)4-5-15(14)24-6-9-27-10-7-24/h2-5,8,11-12H,6-7,9-10H2,1H3,(H,23,25). The summed E-state index contributed by atoms with van der Waals surface area (Å²) in [4.78, 5) is 26.2. The molecule has 1 fully saturated rings. The Morgan fingerprint density at radius 3 is 2.55 bits per heavy atom. The number of carbonyl (C=O) groups excluding carboxylic acids is 2. The maximum absolute atomic E-state index is 13.1. The van der Waals surface area contributed by atoms with E-state index in [9.17, 15) is 22.8 Å². The van der Waals surface area contributed by atoms with Crippen molar-refractivity contribution in [2.75, 3.05) is 36.5 Å². The number of halogens is 3. The van der Waals surface area contributed by atoms with E-state index in [0.29, 0.717) is 32.0 Å². The maximum atomic E-state index is 13.1. The summed E-state index contributed by atoms with van der Waals surface area (Å²) in [5, 5.41) is 2.44. The summed E-state index contributed by atoms with van der Waals surface area (Å²) in [5.74, 6) is -1.70. The Bertz CT molecular complexity index is 861. The summed E-state index contributed by atoms with van der Waals surface area (Å²) in [5.41, 5.74) is -0.489. The van der Waals surface area contributed by atoms with E-state index in [0.717, 1.165) is 12.1 Å². The van der Waals surface area contributed by atoms with Crippen LogP contribution in [0.25, 0.3) is 0 Å². The number of hydrogen-bond donors (Lipinski definition) is 1. The first-order valence-electron chi connectivity index (χ1n) is 8.85. The van der Waals surface area contributed by atoms with Gasteiger partial charge in [-0.25, -0.2) is 4.79 Å². The first kappa shape index (κ1) is 20.7. The maximum Gasteiger partial charge on any atom is 0.416 e. The van der Waals surface area contributed by atoms with Crippen molar-refractivity contribution in [2.24, 2.45) is 0 Å². The minimum Gasteiger partial charge on any atom is -0.457 e. The number of esters is 1. The second-order valence-corrected chi connectivity index (χ2v) is 6.34. The lowest BCUT2D eigenvalue weighted by Gasteiger charge is -2.31. The van der Waals surface area contributed by atoms with E-state index in [1.807, 2.05) is 4.90 Å². The number of alkyl halides is 3. The topological polar surface area (TPSA) is 81.0 Å². The summed E-state index contributed by atoms with van der Waals surface area (Å²) in [6, 6.07) is 5.99. The SMILES string of the molecule is CC(OC(=O)c1ccco1)C(=O)Nc1cc(C(F)(F)F)ccc1N1CCOCC1. The molecule has 0 spiro atoms. The molecule has 1 aliphatic rings. The highest BCUT2D eigenvalue weighted by Crippen LogP contribution is 2.35. The van der Waals surface area contributed by atoms with Gasteiger partial charge >= 0.3 is 12.1 Å². The lowest BCUT2D eigenvalue weighted by atomic mass is 10.1. The van der Waals surface area contributed by atoms with Crippen molar-refractivity contribution in [3.8, 4) is 0 Å². The van der Waals surface area contributed by atoms with E-state index >= 15 is 0 Å². The molecule has 1 amide bonds. The van der Waals surface area contributed by atoms with Crippen molar-refractivity contribution in [3.05, 3.63) is 47.9 Å². The molecule has 29 heavy (non-hydrogen) atoms. The van der Waals surface area contributed by atoms with Gasteiger partial charge in [-0.2, -0.15) is 13.2 Å². The molecule has 0 radical (unpaired) electrons. The average Bonchev–Trinajstić information content (AvgIpc) is 3.23. The van der Waals surface area contributed by atoms with Crippen molar-refractivity contribution in [2.45, 2.75) is 19.2 Å². The Labute approximate surface area is 164 Å². The number of morpholine rings is 1. The van der Waals surface area contributed by atoms with E-state index in [1.54, 1.807) is 0 Å². The molecule has 2 heterocycles. The van der Waals surface area contributed by atoms with Gasteiger partial charge in [0, 0.05) is 13.1 Å². The Hall–Kier alpha value is -3.01. The normalized spacial score (nSPS) is 15.7. The second kappa shape index (κ2) is 8.56. The summed E-state index contributed by atoms with van der Waals surface area (Å²) in [7, 11) is 0. The quantitative estimate of drug-likeness (QED) is 0.759. The lowest BCUT2D eigenvalue weighted by Crippen LogP contribution is -2.37. The first-order valence-corrected chi connectivity index (χ1v) is 8.85. The van der Waals surface area contributed by atoms with E-state index in [4.69, 9.17) is 13.9 Å². The van der Waals surface area contributed by atoms with Gasteiger partial charge in [0.05, 0.1) is 36.4 Å². The third kappa shape index (κ3) is 5.08. The average molecular weight is 412 g/mol. The third-order valence-corrected chi connectivity index (χ3v) is 4.31. The number of anilines is 2. The molecule has 1 atom stereocenters. The van der Waals surface area contributed by atoms with Gasteiger partial charge in [0.15, 0.2) is 6.10 Å². The van der Waals surface area contributed by atoms with Crippen LogP contribution in [0.2, 0.25) is 0 Å². The number of hydrogen-bond acceptors (Lipinski definition) is 6. The zero-order chi connectivity index (χ0) is 21.0. The van der Waals surface area contributed by atoms with E-state index < -0.39 is 29.7 Å². The predicted octanol–water partition coefficient (Wildman–Crippen LogP) is 3.32. The summed E-state index contributed by atoms with van der Waals surface area (Å²) >= 11 is 0. The van der Waals surface area contributed by atoms with Crippen molar-refractivity contribution in [3.63, 3.8) is 0 Å². The molecule has 10 heteroatoms. The number of ether oxygens (including phenoxy) is 2. The molecule has 0 aliphatic carbocycles. The molecule has 1 aliphatic heterocycles. The number of nitrogens with one attached hydrogen (secondary N) is 1. The van der Waals surface area contributed by atoms with Crippen molar-refractivity contribution >= 4 is 23.3 Å². The molecular weight excluding hydrogens is 393 g/mol. The van der Waals surface area contributed by atoms with Gasteiger partial charge in [-0.05, 0) is 37.3 Å². The van der Waals surface area contributed by atoms with Crippen molar-refractivity contribution < 1.29 is 36.7 Å². The molecule has 156 valence electrons. The minimum atomic E-state index is -4.57. The van der Waals surface area contributed by atoms with Crippen LogP contribution in [-0.4, -0.2) is 44.3 Å². The number of rotatable bonds is 5. The zero-order valence-electron chi connectivity index (χ0n) is 15.5. The number of benzene rings is 1. The van der Waals surface area contributed by atoms with Crippen LogP contribution < -0.4 is 10.2 Å². The van der Waals surface area contributed by atoms with E-state index in [-0.39, 0.29) is 11.4 Å². The van der Waals surface area contributed by atoms with Gasteiger partial charge in [0.25, 0.3) is 5.91 Å². The second-order valence-electron chi connectivity index (χ2n) is 6.34. The molecule has 0 bridgehead atoms. The molecule has 2 aromatic rings. The largest absolute Gasteiger partial charge is 0.457 e. The van der Waals surface area contributed by atoms with Crippen LogP contribution in [0.3, 0.4) is 0 Å². The van der Waals surface area contributed by atoms with Crippen LogP contribution in [0.15, 0.2) is 41.0 Å². The number of nitrogens with zero attached hydrogens (tertiary/aromatic N) is 1. The first-order chi connectivity index (χ1) is 13.8. The fraction of sp³-hybridized carbons (Fsp3) is 0.368. The predicted molar refractivity (Wildman–Crippen MR) is 96.7 cm³/mol. The molecule has 1 N–H and O–H groups in total. The fourth-order valence-electron chi connectivity index (χ4n) is 2.79. The Morgan fingerprint density at radius 1 is 1.21 bits per heavy atom.